The Hall–Kier alpha value is -4.29. The predicted molar refractivity (Wildman–Crippen MR) is 154 cm³/mol. The molecule has 0 bridgehead atoms. The fourth-order valence-corrected chi connectivity index (χ4v) is 5.72. The number of pyridine rings is 3. The number of anilines is 1. The Balaban J connectivity index is 1.36. The molecule has 5 rings (SSSR count). The zero-order chi connectivity index (χ0) is 28.1. The number of nitriles is 1. The zero-order valence-corrected chi connectivity index (χ0v) is 23.4. The number of hydrogen-bond acceptors (Lipinski definition) is 8. The molecule has 4 aromatic heterocycles. The molecule has 0 N–H and O–H groups in total. The van der Waals surface area contributed by atoms with Gasteiger partial charge in [-0.15, -0.1) is 0 Å². The van der Waals surface area contributed by atoms with Crippen LogP contribution in [0.25, 0.3) is 16.6 Å². The van der Waals surface area contributed by atoms with Crippen LogP contribution < -0.4 is 9.64 Å². The minimum Gasteiger partial charge on any atom is -0.492 e. The van der Waals surface area contributed by atoms with E-state index in [9.17, 15) is 10.1 Å². The first-order valence-corrected chi connectivity index (χ1v) is 13.7. The van der Waals surface area contributed by atoms with E-state index < -0.39 is 0 Å². The molecule has 1 aliphatic heterocycles. The Morgan fingerprint density at radius 1 is 1.15 bits per heavy atom. The van der Waals surface area contributed by atoms with Crippen LogP contribution in [0.4, 0.5) is 5.82 Å². The van der Waals surface area contributed by atoms with E-state index >= 15 is 0 Å². The van der Waals surface area contributed by atoms with Gasteiger partial charge in [-0.1, -0.05) is 6.07 Å². The third-order valence-corrected chi connectivity index (χ3v) is 7.57. The van der Waals surface area contributed by atoms with Crippen molar-refractivity contribution in [2.75, 3.05) is 45.2 Å². The molecule has 9 heteroatoms. The second-order valence-corrected chi connectivity index (χ2v) is 10.8. The van der Waals surface area contributed by atoms with E-state index in [2.05, 4.69) is 27.1 Å². The molecule has 4 aromatic rings. The van der Waals surface area contributed by atoms with Gasteiger partial charge < -0.3 is 14.5 Å². The van der Waals surface area contributed by atoms with Crippen LogP contribution in [0.15, 0.2) is 61.2 Å². The van der Waals surface area contributed by atoms with Crippen molar-refractivity contribution in [2.45, 2.75) is 32.6 Å². The third-order valence-electron chi connectivity index (χ3n) is 7.57. The lowest BCUT2D eigenvalue weighted by atomic mass is 9.71. The maximum atomic E-state index is 12.9. The van der Waals surface area contributed by atoms with Gasteiger partial charge in [-0.2, -0.15) is 10.4 Å². The maximum absolute atomic E-state index is 12.9. The molecule has 0 saturated carbocycles. The molecule has 0 radical (unpaired) electrons. The van der Waals surface area contributed by atoms with Crippen molar-refractivity contribution in [3.63, 3.8) is 0 Å². The molecule has 1 saturated heterocycles. The Labute approximate surface area is 235 Å². The van der Waals surface area contributed by atoms with Crippen LogP contribution in [-0.4, -0.2) is 70.6 Å². The highest BCUT2D eigenvalue weighted by molar-refractivity contribution is 5.85. The lowest BCUT2D eigenvalue weighted by molar-refractivity contribution is -0.122. The summed E-state index contributed by atoms with van der Waals surface area (Å²) in [5.41, 5.74) is 3.91. The Kier molecular flexibility index (Phi) is 8.08. The highest BCUT2D eigenvalue weighted by atomic mass is 16.5. The fourth-order valence-electron chi connectivity index (χ4n) is 5.72. The monoisotopic (exact) mass is 537 g/mol. The van der Waals surface area contributed by atoms with Gasteiger partial charge in [0.1, 0.15) is 23.4 Å². The van der Waals surface area contributed by atoms with Crippen molar-refractivity contribution in [1.82, 2.24) is 24.5 Å². The van der Waals surface area contributed by atoms with E-state index in [1.807, 2.05) is 68.6 Å². The Morgan fingerprint density at radius 2 is 1.98 bits per heavy atom. The largest absolute Gasteiger partial charge is 0.492 e. The van der Waals surface area contributed by atoms with Crippen molar-refractivity contribution in [3.05, 3.63) is 72.4 Å². The third kappa shape index (κ3) is 5.97. The number of rotatable bonds is 10. The maximum Gasteiger partial charge on any atom is 0.147 e. The number of carbonyl (C=O) groups excluding carboxylic acids is 1. The second-order valence-electron chi connectivity index (χ2n) is 10.8. The summed E-state index contributed by atoms with van der Waals surface area (Å²) in [5.74, 6) is 1.86. The number of carbonyl (C=O) groups is 1. The number of Topliss-reactive ketones (excluding diaryl/α,β-unsaturated/α-hetero) is 1. The van der Waals surface area contributed by atoms with Crippen LogP contribution in [0.2, 0.25) is 0 Å². The highest BCUT2D eigenvalue weighted by Crippen LogP contribution is 2.40. The summed E-state index contributed by atoms with van der Waals surface area (Å²) in [6.45, 7) is 4.57. The molecule has 5 heterocycles. The number of likely N-dealkylation sites (N-methyl/N-ethyl adjacent to an activating group) is 1. The average Bonchev–Trinajstić information content (AvgIpc) is 3.36. The number of ketones is 1. The number of nitrogens with zero attached hydrogens (tertiary/aromatic N) is 7. The lowest BCUT2D eigenvalue weighted by Crippen LogP contribution is -2.43. The van der Waals surface area contributed by atoms with Crippen LogP contribution in [0.3, 0.4) is 0 Å². The van der Waals surface area contributed by atoms with Gasteiger partial charge in [0.25, 0.3) is 0 Å². The molecule has 9 nitrogen and oxygen atoms in total. The molecule has 0 aliphatic carbocycles. The van der Waals surface area contributed by atoms with Crippen molar-refractivity contribution >= 4 is 17.1 Å². The summed E-state index contributed by atoms with van der Waals surface area (Å²) in [7, 11) is 3.88. The van der Waals surface area contributed by atoms with Crippen LogP contribution in [-0.2, 0) is 11.2 Å². The first kappa shape index (κ1) is 27.3. The minimum atomic E-state index is -0.112. The SMILES string of the molecule is CCOc1cc(-c2ccc(N3CCC(CC(=O)CN(C)C)(Cc4ccccn4)CC3)nc2)c2c(C#N)cnn2c1. The van der Waals surface area contributed by atoms with E-state index in [0.29, 0.717) is 30.9 Å². The molecular formula is C31H35N7O2. The van der Waals surface area contributed by atoms with Gasteiger partial charge in [-0.3, -0.25) is 9.78 Å². The highest BCUT2D eigenvalue weighted by Gasteiger charge is 2.37. The van der Waals surface area contributed by atoms with Gasteiger partial charge in [0.2, 0.25) is 0 Å². The number of aromatic nitrogens is 4. The summed E-state index contributed by atoms with van der Waals surface area (Å²) in [6, 6.07) is 14.2. The zero-order valence-electron chi connectivity index (χ0n) is 23.4. The number of piperidine rings is 1. The number of hydrogen-bond donors (Lipinski definition) is 0. The van der Waals surface area contributed by atoms with Crippen LogP contribution in [0.5, 0.6) is 5.75 Å². The fraction of sp³-hybridized carbons (Fsp3) is 0.387. The standard InChI is InChI=1S/C31H35N7O2/c1-4-40-27-15-28(30-24(18-32)20-35-38(30)22-27)23-8-9-29(34-19-23)37-13-10-31(11-14-37,17-26(39)21-36(2)3)16-25-7-5-6-12-33-25/h5-9,12,15,19-20,22H,4,10-11,13-14,16-17,21H2,1-3H3. The summed E-state index contributed by atoms with van der Waals surface area (Å²) in [5, 5.41) is 14.0. The number of ether oxygens (including phenoxy) is 1. The topological polar surface area (TPSA) is 99.6 Å². The summed E-state index contributed by atoms with van der Waals surface area (Å²) in [4.78, 5) is 26.5. The minimum absolute atomic E-state index is 0.112. The molecule has 0 amide bonds. The second kappa shape index (κ2) is 11.8. The summed E-state index contributed by atoms with van der Waals surface area (Å²) >= 11 is 0. The molecule has 0 aromatic carbocycles. The van der Waals surface area contributed by atoms with Crippen LogP contribution in [0.1, 0.15) is 37.4 Å². The molecule has 0 unspecified atom stereocenters. The average molecular weight is 538 g/mol. The molecule has 1 fully saturated rings. The first-order valence-electron chi connectivity index (χ1n) is 13.7. The predicted octanol–water partition coefficient (Wildman–Crippen LogP) is 4.41. The lowest BCUT2D eigenvalue weighted by Gasteiger charge is -2.42. The van der Waals surface area contributed by atoms with Crippen LogP contribution >= 0.6 is 0 Å². The van der Waals surface area contributed by atoms with Gasteiger partial charge in [0.15, 0.2) is 0 Å². The normalized spacial score (nSPS) is 14.8. The van der Waals surface area contributed by atoms with E-state index in [-0.39, 0.29) is 11.2 Å². The molecule has 206 valence electrons. The van der Waals surface area contributed by atoms with Gasteiger partial charge in [0, 0.05) is 48.7 Å². The van der Waals surface area contributed by atoms with Gasteiger partial charge in [-0.05, 0) is 76.0 Å². The van der Waals surface area contributed by atoms with Crippen LogP contribution in [0, 0.1) is 16.7 Å². The molecule has 0 spiro atoms. The van der Waals surface area contributed by atoms with Gasteiger partial charge in [-0.25, -0.2) is 9.50 Å². The molecular weight excluding hydrogens is 502 g/mol. The van der Waals surface area contributed by atoms with Crippen molar-refractivity contribution in [2.24, 2.45) is 5.41 Å². The van der Waals surface area contributed by atoms with Gasteiger partial charge >= 0.3 is 0 Å². The van der Waals surface area contributed by atoms with E-state index in [1.54, 1.807) is 16.9 Å². The van der Waals surface area contributed by atoms with E-state index in [1.165, 1.54) is 0 Å². The quantitative estimate of drug-likeness (QED) is 0.293. The van der Waals surface area contributed by atoms with Crippen molar-refractivity contribution in [1.29, 1.82) is 5.26 Å². The van der Waals surface area contributed by atoms with Crippen molar-refractivity contribution in [3.8, 4) is 22.9 Å². The summed E-state index contributed by atoms with van der Waals surface area (Å²) < 4.78 is 7.44. The number of fused-ring (bicyclic) bond motifs is 1. The van der Waals surface area contributed by atoms with Crippen molar-refractivity contribution < 1.29 is 9.53 Å². The molecule has 40 heavy (non-hydrogen) atoms. The Bertz CT molecular complexity index is 1500. The first-order chi connectivity index (χ1) is 19.4. The van der Waals surface area contributed by atoms with E-state index in [4.69, 9.17) is 9.72 Å². The smallest absolute Gasteiger partial charge is 0.147 e. The van der Waals surface area contributed by atoms with Gasteiger partial charge in [0.05, 0.1) is 36.6 Å². The molecule has 0 atom stereocenters. The van der Waals surface area contributed by atoms with E-state index in [0.717, 1.165) is 60.5 Å². The summed E-state index contributed by atoms with van der Waals surface area (Å²) in [6.07, 6.45) is 10.2. The molecule has 1 aliphatic rings. The Morgan fingerprint density at radius 3 is 2.62 bits per heavy atom.